The molecule has 1 aliphatic rings. The molecule has 0 atom stereocenters. The van der Waals surface area contributed by atoms with E-state index in [4.69, 9.17) is 11.6 Å². The van der Waals surface area contributed by atoms with Crippen molar-refractivity contribution in [3.05, 3.63) is 58.6 Å². The molecule has 7 heteroatoms. The first-order chi connectivity index (χ1) is 12.8. The highest BCUT2D eigenvalue weighted by Crippen LogP contribution is 2.27. The number of rotatable bonds is 5. The molecule has 0 bridgehead atoms. The average molecular weight is 407 g/mol. The van der Waals surface area contributed by atoms with Crippen LogP contribution >= 0.6 is 11.6 Å². The molecule has 1 saturated heterocycles. The summed E-state index contributed by atoms with van der Waals surface area (Å²) < 4.78 is 27.8. The third-order valence-corrected chi connectivity index (χ3v) is 6.96. The van der Waals surface area contributed by atoms with Gasteiger partial charge in [0, 0.05) is 18.1 Å². The van der Waals surface area contributed by atoms with Gasteiger partial charge in [0.1, 0.15) is 6.54 Å². The van der Waals surface area contributed by atoms with Crippen molar-refractivity contribution in [3.63, 3.8) is 0 Å². The van der Waals surface area contributed by atoms with Gasteiger partial charge in [0.25, 0.3) is 10.0 Å². The van der Waals surface area contributed by atoms with Gasteiger partial charge in [-0.3, -0.25) is 9.10 Å². The van der Waals surface area contributed by atoms with Gasteiger partial charge in [-0.25, -0.2) is 8.42 Å². The van der Waals surface area contributed by atoms with Crippen LogP contribution in [0.1, 0.15) is 24.0 Å². The van der Waals surface area contributed by atoms with Crippen molar-refractivity contribution >= 4 is 33.2 Å². The number of sulfonamides is 1. The highest BCUT2D eigenvalue weighted by atomic mass is 35.5. The maximum atomic E-state index is 13.3. The van der Waals surface area contributed by atoms with Gasteiger partial charge in [0.05, 0.1) is 10.6 Å². The summed E-state index contributed by atoms with van der Waals surface area (Å²) >= 11 is 5.90. The molecule has 0 unspecified atom stereocenters. The number of hydrogen-bond donors (Lipinski definition) is 0. The summed E-state index contributed by atoms with van der Waals surface area (Å²) in [7, 11) is -3.90. The first kappa shape index (κ1) is 19.7. The lowest BCUT2D eigenvalue weighted by Crippen LogP contribution is -2.42. The van der Waals surface area contributed by atoms with Gasteiger partial charge >= 0.3 is 0 Å². The summed E-state index contributed by atoms with van der Waals surface area (Å²) in [6, 6.07) is 11.4. The molecule has 0 aromatic heterocycles. The van der Waals surface area contributed by atoms with E-state index in [1.54, 1.807) is 17.0 Å². The molecule has 0 N–H and O–H groups in total. The van der Waals surface area contributed by atoms with Gasteiger partial charge < -0.3 is 4.90 Å². The fraction of sp³-hybridized carbons (Fsp3) is 0.350. The van der Waals surface area contributed by atoms with Crippen LogP contribution in [0.25, 0.3) is 0 Å². The first-order valence-electron chi connectivity index (χ1n) is 8.92. The molecule has 0 spiro atoms. The Labute approximate surface area is 165 Å². The smallest absolute Gasteiger partial charge is 0.264 e. The topological polar surface area (TPSA) is 57.7 Å². The number of halogens is 1. The molecule has 0 aliphatic carbocycles. The van der Waals surface area contributed by atoms with Crippen LogP contribution in [0.5, 0.6) is 0 Å². The predicted octanol–water partition coefficient (Wildman–Crippen LogP) is 3.77. The lowest BCUT2D eigenvalue weighted by molar-refractivity contribution is -0.128. The zero-order valence-electron chi connectivity index (χ0n) is 15.5. The van der Waals surface area contributed by atoms with Gasteiger partial charge in [0.2, 0.25) is 5.91 Å². The zero-order valence-corrected chi connectivity index (χ0v) is 17.1. The van der Waals surface area contributed by atoms with Crippen LogP contribution in [-0.2, 0) is 14.8 Å². The Hall–Kier alpha value is -2.05. The fourth-order valence-corrected chi connectivity index (χ4v) is 4.65. The maximum Gasteiger partial charge on any atom is 0.264 e. The van der Waals surface area contributed by atoms with Crippen molar-refractivity contribution < 1.29 is 13.2 Å². The van der Waals surface area contributed by atoms with Crippen LogP contribution < -0.4 is 4.31 Å². The molecule has 5 nitrogen and oxygen atoms in total. The quantitative estimate of drug-likeness (QED) is 0.759. The summed E-state index contributed by atoms with van der Waals surface area (Å²) in [5.74, 6) is -0.178. The van der Waals surface area contributed by atoms with E-state index in [1.165, 1.54) is 28.6 Å². The second-order valence-corrected chi connectivity index (χ2v) is 9.12. The van der Waals surface area contributed by atoms with Crippen LogP contribution in [0, 0.1) is 13.8 Å². The monoisotopic (exact) mass is 406 g/mol. The van der Waals surface area contributed by atoms with Gasteiger partial charge in [-0.2, -0.15) is 0 Å². The van der Waals surface area contributed by atoms with Crippen molar-refractivity contribution in [3.8, 4) is 0 Å². The molecule has 0 saturated carbocycles. The number of aryl methyl sites for hydroxylation is 2. The second kappa shape index (κ2) is 7.90. The highest BCUT2D eigenvalue weighted by Gasteiger charge is 2.30. The fourth-order valence-electron chi connectivity index (χ4n) is 3.12. The lowest BCUT2D eigenvalue weighted by atomic mass is 10.1. The Morgan fingerprint density at radius 2 is 1.67 bits per heavy atom. The SMILES string of the molecule is Cc1ccc(N(CC(=O)N2CCCC2)S(=O)(=O)c2ccc(Cl)cc2)cc1C. The summed E-state index contributed by atoms with van der Waals surface area (Å²) in [4.78, 5) is 14.5. The maximum absolute atomic E-state index is 13.3. The predicted molar refractivity (Wildman–Crippen MR) is 108 cm³/mol. The molecule has 1 heterocycles. The summed E-state index contributed by atoms with van der Waals surface area (Å²) in [5.41, 5.74) is 2.52. The lowest BCUT2D eigenvalue weighted by Gasteiger charge is -2.27. The minimum absolute atomic E-state index is 0.111. The van der Waals surface area contributed by atoms with Crippen LogP contribution in [0.2, 0.25) is 5.02 Å². The van der Waals surface area contributed by atoms with E-state index in [-0.39, 0.29) is 17.3 Å². The van der Waals surface area contributed by atoms with E-state index in [0.717, 1.165) is 24.0 Å². The van der Waals surface area contributed by atoms with Crippen molar-refractivity contribution in [2.75, 3.05) is 23.9 Å². The van der Waals surface area contributed by atoms with Crippen molar-refractivity contribution in [1.82, 2.24) is 4.90 Å². The van der Waals surface area contributed by atoms with E-state index < -0.39 is 10.0 Å². The number of likely N-dealkylation sites (tertiary alicyclic amines) is 1. The molecule has 1 fully saturated rings. The summed E-state index contributed by atoms with van der Waals surface area (Å²) in [6.07, 6.45) is 1.92. The number of nitrogens with zero attached hydrogens (tertiary/aromatic N) is 2. The second-order valence-electron chi connectivity index (χ2n) is 6.82. The zero-order chi connectivity index (χ0) is 19.6. The molecule has 144 valence electrons. The molecular formula is C20H23ClN2O3S. The Bertz CT molecular complexity index is 936. The Kier molecular flexibility index (Phi) is 5.77. The normalized spacial score (nSPS) is 14.4. The van der Waals surface area contributed by atoms with Crippen molar-refractivity contribution in [1.29, 1.82) is 0 Å². The summed E-state index contributed by atoms with van der Waals surface area (Å²) in [5, 5.41) is 0.458. The average Bonchev–Trinajstić information content (AvgIpc) is 3.17. The third-order valence-electron chi connectivity index (χ3n) is 4.92. The number of carbonyl (C=O) groups excluding carboxylic acids is 1. The molecular weight excluding hydrogens is 384 g/mol. The summed E-state index contributed by atoms with van der Waals surface area (Å²) in [6.45, 7) is 5.04. The van der Waals surface area contributed by atoms with Gasteiger partial charge in [0.15, 0.2) is 0 Å². The van der Waals surface area contributed by atoms with E-state index in [9.17, 15) is 13.2 Å². The van der Waals surface area contributed by atoms with E-state index >= 15 is 0 Å². The molecule has 2 aromatic carbocycles. The van der Waals surface area contributed by atoms with Crippen molar-refractivity contribution in [2.24, 2.45) is 0 Å². The molecule has 2 aromatic rings. The number of hydrogen-bond acceptors (Lipinski definition) is 3. The van der Waals surface area contributed by atoms with Crippen LogP contribution in [0.15, 0.2) is 47.4 Å². The Morgan fingerprint density at radius 3 is 2.26 bits per heavy atom. The number of benzene rings is 2. The van der Waals surface area contributed by atoms with Crippen LogP contribution in [0.3, 0.4) is 0 Å². The highest BCUT2D eigenvalue weighted by molar-refractivity contribution is 7.92. The minimum atomic E-state index is -3.90. The number of carbonyl (C=O) groups is 1. The third kappa shape index (κ3) is 4.28. The standard InChI is InChI=1S/C20H23ClN2O3S/c1-15-5-8-18(13-16(15)2)23(14-20(24)22-11-3-4-12-22)27(25,26)19-9-6-17(21)7-10-19/h5-10,13H,3-4,11-12,14H2,1-2H3. The van der Waals surface area contributed by atoms with Gasteiger partial charge in [-0.05, 0) is 74.2 Å². The molecule has 1 amide bonds. The molecule has 27 heavy (non-hydrogen) atoms. The van der Waals surface area contributed by atoms with Crippen LogP contribution in [-0.4, -0.2) is 38.9 Å². The molecule has 0 radical (unpaired) electrons. The van der Waals surface area contributed by atoms with E-state index in [0.29, 0.717) is 23.8 Å². The van der Waals surface area contributed by atoms with Gasteiger partial charge in [-0.15, -0.1) is 0 Å². The minimum Gasteiger partial charge on any atom is -0.341 e. The van der Waals surface area contributed by atoms with E-state index in [2.05, 4.69) is 0 Å². The first-order valence-corrected chi connectivity index (χ1v) is 10.7. The van der Waals surface area contributed by atoms with Crippen LogP contribution in [0.4, 0.5) is 5.69 Å². The molecule has 1 aliphatic heterocycles. The van der Waals surface area contributed by atoms with E-state index in [1.807, 2.05) is 19.9 Å². The van der Waals surface area contributed by atoms with Crippen molar-refractivity contribution in [2.45, 2.75) is 31.6 Å². The Morgan fingerprint density at radius 1 is 1.04 bits per heavy atom. The van der Waals surface area contributed by atoms with Gasteiger partial charge in [-0.1, -0.05) is 17.7 Å². The number of anilines is 1. The Balaban J connectivity index is 2.01. The molecule has 3 rings (SSSR count). The largest absolute Gasteiger partial charge is 0.341 e. The number of amides is 1.